The van der Waals surface area contributed by atoms with Crippen molar-refractivity contribution >= 4 is 87.0 Å². The molecule has 11 heteroatoms. The van der Waals surface area contributed by atoms with Crippen LogP contribution in [0, 0.1) is 11.8 Å². The molecule has 7 nitrogen and oxygen atoms in total. The molecule has 0 aliphatic carbocycles. The van der Waals surface area contributed by atoms with Crippen molar-refractivity contribution in [3.8, 4) is 0 Å². The summed E-state index contributed by atoms with van der Waals surface area (Å²) >= 11 is 25.1. The molecule has 2 fully saturated rings. The largest absolute Gasteiger partial charge is 0.277 e. The summed E-state index contributed by atoms with van der Waals surface area (Å²) in [6.07, 6.45) is 20.5. The molecular weight excluding hydrogens is 690 g/mol. The molecule has 0 aromatic heterocycles. The van der Waals surface area contributed by atoms with E-state index in [1.807, 2.05) is 12.2 Å². The van der Waals surface area contributed by atoms with E-state index in [1.54, 1.807) is 18.2 Å². The van der Waals surface area contributed by atoms with Crippen molar-refractivity contribution in [3.05, 3.63) is 62.6 Å². The molecule has 3 amide bonds. The van der Waals surface area contributed by atoms with Gasteiger partial charge in [0.05, 0.1) is 38.8 Å². The molecule has 0 unspecified atom stereocenters. The maximum Gasteiger partial charge on any atom is 0.253 e. The van der Waals surface area contributed by atoms with Gasteiger partial charge in [-0.15, -0.1) is 0 Å². The number of unbranched alkanes of at least 4 members (excludes halogenated alkanes) is 11. The summed E-state index contributed by atoms with van der Waals surface area (Å²) < 4.78 is 0. The van der Waals surface area contributed by atoms with Gasteiger partial charge in [-0.2, -0.15) is 0 Å². The Morgan fingerprint density at radius 2 is 1.42 bits per heavy atom. The van der Waals surface area contributed by atoms with Gasteiger partial charge in [0.1, 0.15) is 11.5 Å². The molecule has 0 spiro atoms. The second-order valence-electron chi connectivity index (χ2n) is 13.1. The van der Waals surface area contributed by atoms with Gasteiger partial charge in [0.15, 0.2) is 0 Å². The Morgan fingerprint density at radius 3 is 2.04 bits per heavy atom. The Bertz CT molecular complexity index is 1490. The van der Waals surface area contributed by atoms with Crippen LogP contribution in [-0.2, 0) is 14.4 Å². The molecule has 2 saturated heterocycles. The lowest BCUT2D eigenvalue weighted by atomic mass is 10.0. The fourth-order valence-electron chi connectivity index (χ4n) is 6.06. The molecule has 1 atom stereocenters. The van der Waals surface area contributed by atoms with Crippen molar-refractivity contribution in [2.75, 3.05) is 9.91 Å². The summed E-state index contributed by atoms with van der Waals surface area (Å²) in [6, 6.07) is 7.75. The van der Waals surface area contributed by atoms with E-state index in [1.165, 1.54) is 92.7 Å². The van der Waals surface area contributed by atoms with Crippen LogP contribution in [0.2, 0.25) is 20.1 Å². The van der Waals surface area contributed by atoms with Gasteiger partial charge in [-0.1, -0.05) is 143 Å². The van der Waals surface area contributed by atoms with Gasteiger partial charge >= 0.3 is 0 Å². The number of amidine groups is 1. The van der Waals surface area contributed by atoms with Crippen molar-refractivity contribution in [1.82, 2.24) is 5.43 Å². The SMILES string of the molecule is CC(C)CCCCCCCCCCCCC/C=C/[C@@H]1CC(=O)N(c2ccc(Cl)c(N=C3CC(=O)N(c4c(Cl)cc(Cl)cc4Cl)N3)c2)C1=O. The van der Waals surface area contributed by atoms with Gasteiger partial charge in [0.25, 0.3) is 5.91 Å². The van der Waals surface area contributed by atoms with E-state index in [2.05, 4.69) is 24.3 Å². The number of nitrogens with zero attached hydrogens (tertiary/aromatic N) is 3. The van der Waals surface area contributed by atoms with Crippen LogP contribution in [-0.4, -0.2) is 23.6 Å². The number of halogens is 4. The lowest BCUT2D eigenvalue weighted by Crippen LogP contribution is -2.36. The minimum Gasteiger partial charge on any atom is -0.277 e. The predicted octanol–water partition coefficient (Wildman–Crippen LogP) is 11.4. The van der Waals surface area contributed by atoms with Crippen molar-refractivity contribution in [3.63, 3.8) is 0 Å². The van der Waals surface area contributed by atoms with Crippen LogP contribution < -0.4 is 15.3 Å². The number of imide groups is 1. The Balaban J connectivity index is 1.22. The first kappa shape index (κ1) is 38.2. The fourth-order valence-corrected chi connectivity index (χ4v) is 7.21. The minimum atomic E-state index is -0.495. The topological polar surface area (TPSA) is 82.1 Å². The third-order valence-electron chi connectivity index (χ3n) is 8.66. The van der Waals surface area contributed by atoms with Crippen LogP contribution in [0.15, 0.2) is 47.5 Å². The van der Waals surface area contributed by atoms with Crippen LogP contribution in [0.4, 0.5) is 17.1 Å². The molecule has 4 rings (SSSR count). The summed E-state index contributed by atoms with van der Waals surface area (Å²) in [6.45, 7) is 4.60. The lowest BCUT2D eigenvalue weighted by molar-refractivity contribution is -0.122. The third kappa shape index (κ3) is 11.0. The molecule has 48 heavy (non-hydrogen) atoms. The molecule has 2 aromatic rings. The van der Waals surface area contributed by atoms with E-state index >= 15 is 0 Å². The molecule has 2 aliphatic rings. The van der Waals surface area contributed by atoms with Crippen LogP contribution in [0.5, 0.6) is 0 Å². The molecule has 1 N–H and O–H groups in total. The molecule has 0 radical (unpaired) electrons. The first-order chi connectivity index (χ1) is 23.0. The number of hydrogen-bond donors (Lipinski definition) is 1. The number of carbonyl (C=O) groups excluding carboxylic acids is 3. The highest BCUT2D eigenvalue weighted by Crippen LogP contribution is 2.38. The zero-order valence-corrected chi connectivity index (χ0v) is 30.9. The zero-order valence-electron chi connectivity index (χ0n) is 27.9. The van der Waals surface area contributed by atoms with Gasteiger partial charge in [-0.05, 0) is 49.1 Å². The Kier molecular flexibility index (Phi) is 15.1. The van der Waals surface area contributed by atoms with Crippen LogP contribution >= 0.6 is 46.4 Å². The summed E-state index contributed by atoms with van der Waals surface area (Å²) in [5, 5.41) is 2.24. The van der Waals surface area contributed by atoms with E-state index in [0.29, 0.717) is 27.3 Å². The predicted molar refractivity (Wildman–Crippen MR) is 200 cm³/mol. The first-order valence-corrected chi connectivity index (χ1v) is 18.7. The Morgan fingerprint density at radius 1 is 0.812 bits per heavy atom. The lowest BCUT2D eigenvalue weighted by Gasteiger charge is -2.19. The first-order valence-electron chi connectivity index (χ1n) is 17.2. The van der Waals surface area contributed by atoms with Crippen molar-refractivity contribution in [1.29, 1.82) is 0 Å². The number of aliphatic imine (C=N–C) groups is 1. The molecule has 0 bridgehead atoms. The van der Waals surface area contributed by atoms with Crippen LogP contribution in [0.25, 0.3) is 0 Å². The number of anilines is 2. The number of benzene rings is 2. The number of hydrazine groups is 1. The second kappa shape index (κ2) is 19.0. The summed E-state index contributed by atoms with van der Waals surface area (Å²) in [7, 11) is 0. The highest BCUT2D eigenvalue weighted by atomic mass is 35.5. The van der Waals surface area contributed by atoms with Gasteiger partial charge < -0.3 is 0 Å². The molecule has 2 heterocycles. The summed E-state index contributed by atoms with van der Waals surface area (Å²) in [5.74, 6) is -0.261. The van der Waals surface area contributed by atoms with E-state index in [-0.39, 0.29) is 46.3 Å². The number of rotatable bonds is 18. The highest BCUT2D eigenvalue weighted by Gasteiger charge is 2.38. The van der Waals surface area contributed by atoms with Gasteiger partial charge in [0, 0.05) is 11.4 Å². The van der Waals surface area contributed by atoms with Gasteiger partial charge in [-0.3, -0.25) is 19.8 Å². The molecule has 0 saturated carbocycles. The van der Waals surface area contributed by atoms with E-state index in [9.17, 15) is 14.4 Å². The van der Waals surface area contributed by atoms with E-state index < -0.39 is 5.92 Å². The normalized spacial score (nSPS) is 17.6. The van der Waals surface area contributed by atoms with E-state index in [4.69, 9.17) is 46.4 Å². The smallest absolute Gasteiger partial charge is 0.253 e. The minimum absolute atomic E-state index is 0.0664. The van der Waals surface area contributed by atoms with Gasteiger partial charge in [0.2, 0.25) is 11.8 Å². The number of amides is 3. The summed E-state index contributed by atoms with van der Waals surface area (Å²) in [5.41, 5.74) is 3.85. The Hall–Kier alpha value is -2.58. The monoisotopic (exact) mass is 734 g/mol. The average Bonchev–Trinajstić information content (AvgIpc) is 3.52. The number of carbonyl (C=O) groups is 3. The number of hydrogen-bond acceptors (Lipinski definition) is 4. The van der Waals surface area contributed by atoms with Gasteiger partial charge in [-0.25, -0.2) is 14.9 Å². The third-order valence-corrected chi connectivity index (χ3v) is 9.77. The Labute approximate surface area is 305 Å². The molecule has 260 valence electrons. The molecule has 2 aliphatic heterocycles. The molecular formula is C37H46Cl4N4O3. The fraction of sp³-hybridized carbons (Fsp3) is 0.514. The standard InChI is InChI=1S/C37H46Cl4N4O3/c1-25(2)16-14-12-10-8-6-4-3-5-7-9-11-13-15-17-26-20-34(46)44(37(26)48)28-18-19-29(39)32(23-28)42-33-24-35(47)45(43-33)36-30(40)21-27(38)22-31(36)41/h15,17-19,21-23,25-26H,3-14,16,20,24H2,1-2H3,(H,42,43)/b17-15+/t26-/m1/s1. The van der Waals surface area contributed by atoms with Crippen LogP contribution in [0.1, 0.15) is 110 Å². The number of allylic oxidation sites excluding steroid dienone is 1. The maximum absolute atomic E-state index is 13.3. The zero-order chi connectivity index (χ0) is 34.6. The van der Waals surface area contributed by atoms with E-state index in [0.717, 1.165) is 18.8 Å². The second-order valence-corrected chi connectivity index (χ2v) is 14.8. The highest BCUT2D eigenvalue weighted by molar-refractivity contribution is 6.42. The van der Waals surface area contributed by atoms with Crippen molar-refractivity contribution in [2.24, 2.45) is 16.8 Å². The average molecular weight is 737 g/mol. The molecule has 2 aromatic carbocycles. The quantitative estimate of drug-likeness (QED) is 0.0938. The summed E-state index contributed by atoms with van der Waals surface area (Å²) in [4.78, 5) is 44.7. The van der Waals surface area contributed by atoms with Crippen LogP contribution in [0.3, 0.4) is 0 Å². The number of nitrogens with one attached hydrogen (secondary N) is 1. The maximum atomic E-state index is 13.3. The van der Waals surface area contributed by atoms with Crippen molar-refractivity contribution < 1.29 is 14.4 Å². The van der Waals surface area contributed by atoms with Crippen molar-refractivity contribution in [2.45, 2.75) is 110 Å².